The van der Waals surface area contributed by atoms with Crippen LogP contribution in [0.3, 0.4) is 0 Å². The number of aryl methyl sites for hydroxylation is 1. The quantitative estimate of drug-likeness (QED) is 0.883. The van der Waals surface area contributed by atoms with Gasteiger partial charge in [0.25, 0.3) is 0 Å². The number of nitrogens with one attached hydrogen (secondary N) is 1. The molecule has 1 atom stereocenters. The van der Waals surface area contributed by atoms with Crippen molar-refractivity contribution in [3.8, 4) is 5.75 Å². The Morgan fingerprint density at radius 1 is 1.33 bits per heavy atom. The molecule has 94 valence electrons. The molecule has 1 heterocycles. The van der Waals surface area contributed by atoms with Gasteiger partial charge in [-0.2, -0.15) is 11.3 Å². The van der Waals surface area contributed by atoms with Gasteiger partial charge in [-0.15, -0.1) is 0 Å². The van der Waals surface area contributed by atoms with Gasteiger partial charge in [-0.3, -0.25) is 0 Å². The largest absolute Gasteiger partial charge is 0.508 e. The van der Waals surface area contributed by atoms with Gasteiger partial charge in [0.2, 0.25) is 0 Å². The molecular formula is C15H17NOS. The third kappa shape index (κ3) is 2.42. The molecule has 0 spiro atoms. The van der Waals surface area contributed by atoms with Crippen molar-refractivity contribution in [1.82, 2.24) is 5.32 Å². The summed E-state index contributed by atoms with van der Waals surface area (Å²) in [6.07, 6.45) is 3.30. The third-order valence-electron chi connectivity index (χ3n) is 3.59. The molecule has 1 unspecified atom stereocenters. The lowest BCUT2D eigenvalue weighted by molar-refractivity contribution is 0.474. The highest BCUT2D eigenvalue weighted by Gasteiger charge is 2.21. The Balaban J connectivity index is 1.59. The zero-order valence-electron chi connectivity index (χ0n) is 10.2. The Bertz CT molecular complexity index is 521. The number of phenols is 1. The first-order valence-electron chi connectivity index (χ1n) is 6.39. The first-order valence-corrected chi connectivity index (χ1v) is 7.33. The van der Waals surface area contributed by atoms with E-state index in [1.807, 2.05) is 6.07 Å². The van der Waals surface area contributed by atoms with Crippen LogP contribution >= 0.6 is 11.3 Å². The Morgan fingerprint density at radius 2 is 2.28 bits per heavy atom. The van der Waals surface area contributed by atoms with Crippen molar-refractivity contribution in [2.75, 3.05) is 6.54 Å². The lowest BCUT2D eigenvalue weighted by atomic mass is 10.1. The van der Waals surface area contributed by atoms with Crippen LogP contribution in [0.15, 0.2) is 35.0 Å². The molecule has 2 aromatic rings. The van der Waals surface area contributed by atoms with Crippen molar-refractivity contribution in [2.24, 2.45) is 0 Å². The van der Waals surface area contributed by atoms with Crippen molar-refractivity contribution in [3.63, 3.8) is 0 Å². The van der Waals surface area contributed by atoms with E-state index in [2.05, 4.69) is 28.2 Å². The van der Waals surface area contributed by atoms with Gasteiger partial charge in [0.1, 0.15) is 5.75 Å². The number of thiophene rings is 1. The van der Waals surface area contributed by atoms with E-state index in [1.165, 1.54) is 16.7 Å². The molecule has 1 aromatic heterocycles. The number of aromatic hydroxyl groups is 1. The van der Waals surface area contributed by atoms with E-state index in [0.29, 0.717) is 11.8 Å². The molecule has 2 N–H and O–H groups in total. The van der Waals surface area contributed by atoms with Crippen LogP contribution in [0, 0.1) is 0 Å². The van der Waals surface area contributed by atoms with E-state index in [4.69, 9.17) is 0 Å². The van der Waals surface area contributed by atoms with Crippen LogP contribution < -0.4 is 5.32 Å². The second-order valence-corrected chi connectivity index (χ2v) is 5.59. The zero-order valence-corrected chi connectivity index (χ0v) is 11.0. The number of hydrogen-bond donors (Lipinski definition) is 2. The summed E-state index contributed by atoms with van der Waals surface area (Å²) in [4.78, 5) is 0. The lowest BCUT2D eigenvalue weighted by Gasteiger charge is -2.13. The fraction of sp³-hybridized carbons (Fsp3) is 0.333. The maximum absolute atomic E-state index is 9.46. The van der Waals surface area contributed by atoms with Gasteiger partial charge in [0.05, 0.1) is 0 Å². The average molecular weight is 259 g/mol. The van der Waals surface area contributed by atoms with Crippen LogP contribution in [0.1, 0.15) is 29.2 Å². The second kappa shape index (κ2) is 5.12. The molecule has 0 amide bonds. The minimum atomic E-state index is 0.382. The summed E-state index contributed by atoms with van der Waals surface area (Å²) in [7, 11) is 0. The summed E-state index contributed by atoms with van der Waals surface area (Å²) in [6.45, 7) is 1.02. The number of rotatable bonds is 4. The maximum atomic E-state index is 9.46. The van der Waals surface area contributed by atoms with Gasteiger partial charge in [-0.25, -0.2) is 0 Å². The van der Waals surface area contributed by atoms with Crippen LogP contribution in [0.25, 0.3) is 0 Å². The smallest absolute Gasteiger partial charge is 0.115 e. The van der Waals surface area contributed by atoms with Crippen molar-refractivity contribution < 1.29 is 5.11 Å². The molecule has 1 aromatic carbocycles. The number of hydrogen-bond acceptors (Lipinski definition) is 3. The monoisotopic (exact) mass is 259 g/mol. The summed E-state index contributed by atoms with van der Waals surface area (Å²) in [5, 5.41) is 17.4. The lowest BCUT2D eigenvalue weighted by Crippen LogP contribution is -2.21. The third-order valence-corrected chi connectivity index (χ3v) is 4.32. The van der Waals surface area contributed by atoms with Crippen LogP contribution in [0.2, 0.25) is 0 Å². The highest BCUT2D eigenvalue weighted by molar-refractivity contribution is 7.07. The van der Waals surface area contributed by atoms with E-state index >= 15 is 0 Å². The van der Waals surface area contributed by atoms with Crippen LogP contribution in [-0.2, 0) is 12.8 Å². The molecule has 0 saturated carbocycles. The second-order valence-electron chi connectivity index (χ2n) is 4.81. The van der Waals surface area contributed by atoms with Gasteiger partial charge >= 0.3 is 0 Å². The normalized spacial score (nSPS) is 17.9. The van der Waals surface area contributed by atoms with Crippen LogP contribution in [0.4, 0.5) is 0 Å². The molecule has 2 nitrogen and oxygen atoms in total. The molecule has 18 heavy (non-hydrogen) atoms. The number of phenolic OH excluding ortho intramolecular Hbond substituents is 1. The van der Waals surface area contributed by atoms with Gasteiger partial charge in [-0.1, -0.05) is 6.07 Å². The molecule has 1 aliphatic rings. The summed E-state index contributed by atoms with van der Waals surface area (Å²) in [5.41, 5.74) is 4.07. The Hall–Kier alpha value is -1.32. The Morgan fingerprint density at radius 3 is 3.11 bits per heavy atom. The summed E-state index contributed by atoms with van der Waals surface area (Å²) < 4.78 is 0. The molecule has 0 bridgehead atoms. The first-order chi connectivity index (χ1) is 8.83. The van der Waals surface area contributed by atoms with Crippen molar-refractivity contribution >= 4 is 11.3 Å². The van der Waals surface area contributed by atoms with E-state index in [1.54, 1.807) is 17.4 Å². The minimum absolute atomic E-state index is 0.382. The summed E-state index contributed by atoms with van der Waals surface area (Å²) in [6, 6.07) is 8.39. The molecule has 3 heteroatoms. The summed E-state index contributed by atoms with van der Waals surface area (Å²) >= 11 is 1.76. The van der Waals surface area contributed by atoms with Crippen LogP contribution in [-0.4, -0.2) is 11.7 Å². The average Bonchev–Trinajstić information content (AvgIpc) is 2.99. The highest BCUT2D eigenvalue weighted by Crippen LogP contribution is 2.33. The molecule has 0 aliphatic heterocycles. The SMILES string of the molecule is Oc1ccc2c(c1)CCC2NCCc1ccsc1. The number of benzene rings is 1. The maximum Gasteiger partial charge on any atom is 0.115 e. The zero-order chi connectivity index (χ0) is 12.4. The molecule has 1 aliphatic carbocycles. The van der Waals surface area contributed by atoms with Gasteiger partial charge in [0, 0.05) is 6.04 Å². The van der Waals surface area contributed by atoms with Crippen LogP contribution in [0.5, 0.6) is 5.75 Å². The Labute approximate surface area is 111 Å². The topological polar surface area (TPSA) is 32.3 Å². The fourth-order valence-electron chi connectivity index (χ4n) is 2.64. The number of fused-ring (bicyclic) bond motifs is 1. The standard InChI is InChI=1S/C15H17NOS/c17-13-2-3-14-12(9-13)1-4-15(14)16-7-5-11-6-8-18-10-11/h2-3,6,8-10,15-17H,1,4-5,7H2. The minimum Gasteiger partial charge on any atom is -0.508 e. The molecule has 0 radical (unpaired) electrons. The Kier molecular flexibility index (Phi) is 3.35. The first kappa shape index (κ1) is 11.8. The van der Waals surface area contributed by atoms with Crippen molar-refractivity contribution in [3.05, 3.63) is 51.7 Å². The molecule has 3 rings (SSSR count). The molecule has 0 fully saturated rings. The predicted octanol–water partition coefficient (Wildman–Crippen LogP) is 3.27. The van der Waals surface area contributed by atoms with Gasteiger partial charge < -0.3 is 10.4 Å². The van der Waals surface area contributed by atoms with Gasteiger partial charge in [0.15, 0.2) is 0 Å². The summed E-state index contributed by atoms with van der Waals surface area (Å²) in [5.74, 6) is 0.382. The predicted molar refractivity (Wildman–Crippen MR) is 75.2 cm³/mol. The highest BCUT2D eigenvalue weighted by atomic mass is 32.1. The van der Waals surface area contributed by atoms with E-state index in [0.717, 1.165) is 25.8 Å². The van der Waals surface area contributed by atoms with Crippen molar-refractivity contribution in [2.45, 2.75) is 25.3 Å². The molecule has 0 saturated heterocycles. The fourth-order valence-corrected chi connectivity index (χ4v) is 3.34. The van der Waals surface area contributed by atoms with Crippen molar-refractivity contribution in [1.29, 1.82) is 0 Å². The molecular weight excluding hydrogens is 242 g/mol. The van der Waals surface area contributed by atoms with E-state index in [9.17, 15) is 5.11 Å². The van der Waals surface area contributed by atoms with E-state index in [-0.39, 0.29) is 0 Å². The van der Waals surface area contributed by atoms with Gasteiger partial charge in [-0.05, 0) is 71.5 Å². The van der Waals surface area contributed by atoms with E-state index < -0.39 is 0 Å².